The third kappa shape index (κ3) is 4.38. The molecule has 39 heavy (non-hydrogen) atoms. The van der Waals surface area contributed by atoms with Crippen molar-refractivity contribution in [2.45, 2.75) is 31.4 Å². The van der Waals surface area contributed by atoms with Gasteiger partial charge in [0.15, 0.2) is 5.78 Å². The summed E-state index contributed by atoms with van der Waals surface area (Å²) in [5.74, 6) is 1.17. The van der Waals surface area contributed by atoms with Crippen molar-refractivity contribution in [3.05, 3.63) is 143 Å². The van der Waals surface area contributed by atoms with Gasteiger partial charge in [0.1, 0.15) is 12.4 Å². The summed E-state index contributed by atoms with van der Waals surface area (Å²) in [5, 5.41) is 4.80. The van der Waals surface area contributed by atoms with E-state index in [1.165, 1.54) is 5.56 Å². The van der Waals surface area contributed by atoms with Crippen molar-refractivity contribution in [2.24, 2.45) is 0 Å². The summed E-state index contributed by atoms with van der Waals surface area (Å²) in [7, 11) is 0. The van der Waals surface area contributed by atoms with E-state index in [1.54, 1.807) is 0 Å². The lowest BCUT2D eigenvalue weighted by atomic mass is 9.72. The summed E-state index contributed by atoms with van der Waals surface area (Å²) in [6.45, 7) is 0.519. The van der Waals surface area contributed by atoms with Gasteiger partial charge in [0.05, 0.1) is 11.6 Å². The van der Waals surface area contributed by atoms with Crippen molar-refractivity contribution in [2.75, 3.05) is 5.32 Å². The summed E-state index contributed by atoms with van der Waals surface area (Å²) in [4.78, 5) is 18.5. The second-order valence-electron chi connectivity index (χ2n) is 10.3. The smallest absolute Gasteiger partial charge is 0.162 e. The molecule has 0 saturated heterocycles. The first-order valence-electron chi connectivity index (χ1n) is 13.5. The zero-order valence-corrected chi connectivity index (χ0v) is 21.5. The predicted molar refractivity (Wildman–Crippen MR) is 156 cm³/mol. The third-order valence-electron chi connectivity index (χ3n) is 7.92. The molecule has 0 spiro atoms. The lowest BCUT2D eigenvalue weighted by Crippen LogP contribution is -2.29. The number of benzene rings is 4. The monoisotopic (exact) mass is 508 g/mol. The Morgan fingerprint density at radius 2 is 1.54 bits per heavy atom. The Balaban J connectivity index is 1.28. The summed E-state index contributed by atoms with van der Waals surface area (Å²) in [5.41, 5.74) is 8.52. The number of nitrogens with one attached hydrogen (secondary N) is 1. The van der Waals surface area contributed by atoms with Crippen LogP contribution in [0.25, 0.3) is 16.5 Å². The average molecular weight is 509 g/mol. The van der Waals surface area contributed by atoms with Crippen LogP contribution < -0.4 is 10.1 Å². The largest absolute Gasteiger partial charge is 0.489 e. The van der Waals surface area contributed by atoms with Crippen LogP contribution in [0.1, 0.15) is 47.1 Å². The Hall–Kier alpha value is -4.70. The molecule has 0 bridgehead atoms. The van der Waals surface area contributed by atoms with E-state index < -0.39 is 0 Å². The van der Waals surface area contributed by atoms with Crippen molar-refractivity contribution in [1.82, 2.24) is 4.98 Å². The second kappa shape index (κ2) is 9.88. The molecule has 2 aliphatic rings. The number of carbonyl (C=O) groups excluding carboxylic acids is 1. The number of carbonyl (C=O) groups is 1. The number of fused-ring (bicyclic) bond motifs is 4. The van der Waals surface area contributed by atoms with Crippen LogP contribution in [0.4, 0.5) is 5.69 Å². The Morgan fingerprint density at radius 1 is 0.769 bits per heavy atom. The van der Waals surface area contributed by atoms with E-state index >= 15 is 0 Å². The van der Waals surface area contributed by atoms with Gasteiger partial charge < -0.3 is 10.1 Å². The first kappa shape index (κ1) is 23.4. The van der Waals surface area contributed by atoms with Gasteiger partial charge in [0, 0.05) is 34.8 Å². The maximum absolute atomic E-state index is 13.9. The van der Waals surface area contributed by atoms with Crippen LogP contribution in [0.15, 0.2) is 121 Å². The third-order valence-corrected chi connectivity index (χ3v) is 7.92. The maximum atomic E-state index is 13.9. The molecular formula is C35H28N2O2. The number of anilines is 1. The van der Waals surface area contributed by atoms with E-state index in [2.05, 4.69) is 77.0 Å². The number of rotatable bonds is 5. The van der Waals surface area contributed by atoms with Gasteiger partial charge >= 0.3 is 0 Å². The van der Waals surface area contributed by atoms with Crippen molar-refractivity contribution in [3.8, 4) is 5.75 Å². The molecule has 1 aliphatic heterocycles. The molecule has 1 aromatic heterocycles. The number of pyridine rings is 1. The average Bonchev–Trinajstić information content (AvgIpc) is 3.00. The number of allylic oxidation sites excluding steroid dienone is 1. The highest BCUT2D eigenvalue weighted by atomic mass is 16.5. The van der Waals surface area contributed by atoms with Crippen LogP contribution in [0.2, 0.25) is 0 Å². The van der Waals surface area contributed by atoms with Gasteiger partial charge in [-0.2, -0.15) is 0 Å². The van der Waals surface area contributed by atoms with Gasteiger partial charge in [-0.05, 0) is 64.9 Å². The molecule has 0 radical (unpaired) electrons. The van der Waals surface area contributed by atoms with Crippen LogP contribution in [0.5, 0.6) is 5.75 Å². The van der Waals surface area contributed by atoms with E-state index in [-0.39, 0.29) is 17.7 Å². The quantitative estimate of drug-likeness (QED) is 0.262. The molecule has 0 amide bonds. The molecule has 2 unspecified atom stereocenters. The minimum atomic E-state index is -0.214. The lowest BCUT2D eigenvalue weighted by Gasteiger charge is -2.37. The number of hydrogen-bond donors (Lipinski definition) is 1. The Bertz CT molecular complexity index is 1690. The molecule has 5 aromatic rings. The minimum Gasteiger partial charge on any atom is -0.489 e. The van der Waals surface area contributed by atoms with E-state index in [9.17, 15) is 4.79 Å². The van der Waals surface area contributed by atoms with Gasteiger partial charge in [0.2, 0.25) is 0 Å². The molecular weight excluding hydrogens is 480 g/mol. The maximum Gasteiger partial charge on any atom is 0.162 e. The molecule has 7 rings (SSSR count). The summed E-state index contributed by atoms with van der Waals surface area (Å²) in [6.07, 6.45) is 3.16. The van der Waals surface area contributed by atoms with Crippen LogP contribution in [-0.4, -0.2) is 10.8 Å². The van der Waals surface area contributed by atoms with Crippen molar-refractivity contribution in [3.63, 3.8) is 0 Å². The normalized spacial score (nSPS) is 18.3. The molecule has 4 aromatic carbocycles. The van der Waals surface area contributed by atoms with E-state index in [0.29, 0.717) is 13.0 Å². The topological polar surface area (TPSA) is 51.2 Å². The molecule has 4 nitrogen and oxygen atoms in total. The Kier molecular flexibility index (Phi) is 5.93. The number of Topliss-reactive ketones (excluding diaryl/α,β-unsaturated/α-hetero) is 1. The molecule has 2 atom stereocenters. The number of nitrogens with zero attached hydrogens (tertiary/aromatic N) is 1. The van der Waals surface area contributed by atoms with Gasteiger partial charge in [-0.1, -0.05) is 78.9 Å². The molecule has 1 aliphatic carbocycles. The number of hydrogen-bond acceptors (Lipinski definition) is 4. The summed E-state index contributed by atoms with van der Waals surface area (Å²) in [6, 6.07) is 36.8. The van der Waals surface area contributed by atoms with Crippen molar-refractivity contribution in [1.29, 1.82) is 0 Å². The Morgan fingerprint density at radius 3 is 2.33 bits per heavy atom. The number of aromatic nitrogens is 1. The zero-order valence-electron chi connectivity index (χ0n) is 21.5. The second-order valence-corrected chi connectivity index (χ2v) is 10.3. The molecule has 2 heterocycles. The fourth-order valence-electron chi connectivity index (χ4n) is 6.04. The minimum absolute atomic E-state index is 0.157. The fourth-order valence-corrected chi connectivity index (χ4v) is 6.04. The fraction of sp³-hybridized carbons (Fsp3) is 0.143. The van der Waals surface area contributed by atoms with E-state index in [1.807, 2.05) is 48.7 Å². The van der Waals surface area contributed by atoms with Crippen LogP contribution in [-0.2, 0) is 11.4 Å². The van der Waals surface area contributed by atoms with Crippen molar-refractivity contribution < 1.29 is 9.53 Å². The molecule has 4 heteroatoms. The molecule has 0 saturated carbocycles. The van der Waals surface area contributed by atoms with Gasteiger partial charge in [0.25, 0.3) is 0 Å². The first-order valence-corrected chi connectivity index (χ1v) is 13.5. The van der Waals surface area contributed by atoms with Crippen molar-refractivity contribution >= 4 is 27.9 Å². The highest BCUT2D eigenvalue weighted by Crippen LogP contribution is 2.50. The Labute approximate surface area is 228 Å². The first-order chi connectivity index (χ1) is 19.2. The summed E-state index contributed by atoms with van der Waals surface area (Å²) < 4.78 is 6.02. The SMILES string of the molecule is O=C1CC(c2ccccc2)CC2=C1C(c1ccc(OCc3ccccc3)cc1)Nc1ccc3ncccc3c12. The molecule has 0 fully saturated rings. The van der Waals surface area contributed by atoms with Crippen LogP contribution >= 0.6 is 0 Å². The molecule has 1 N–H and O–H groups in total. The highest BCUT2D eigenvalue weighted by Gasteiger charge is 2.38. The van der Waals surface area contributed by atoms with Gasteiger partial charge in [-0.3, -0.25) is 9.78 Å². The molecule has 190 valence electrons. The predicted octanol–water partition coefficient (Wildman–Crippen LogP) is 7.88. The summed E-state index contributed by atoms with van der Waals surface area (Å²) >= 11 is 0. The van der Waals surface area contributed by atoms with Crippen LogP contribution in [0, 0.1) is 0 Å². The van der Waals surface area contributed by atoms with Gasteiger partial charge in [-0.25, -0.2) is 0 Å². The number of ether oxygens (including phenoxy) is 1. The van der Waals surface area contributed by atoms with E-state index in [0.717, 1.165) is 56.6 Å². The lowest BCUT2D eigenvalue weighted by molar-refractivity contribution is -0.116. The van der Waals surface area contributed by atoms with Gasteiger partial charge in [-0.15, -0.1) is 0 Å². The van der Waals surface area contributed by atoms with E-state index in [4.69, 9.17) is 4.74 Å². The number of ketones is 1. The highest BCUT2D eigenvalue weighted by molar-refractivity contribution is 6.12. The zero-order chi connectivity index (χ0) is 26.2. The standard InChI is InChI=1S/C35H28N2O2/c38-32-21-26(24-10-5-2-6-11-24)20-29-33-28-12-7-19-36-30(28)17-18-31(33)37-35(34(29)32)25-13-15-27(16-14-25)39-22-23-8-3-1-4-9-23/h1-19,26,35,37H,20-22H2. The van der Waals surface area contributed by atoms with Crippen LogP contribution in [0.3, 0.4) is 0 Å².